The van der Waals surface area contributed by atoms with Crippen LogP contribution in [0, 0.1) is 12.1 Å². The fraction of sp³-hybridized carbons (Fsp3) is 0. The number of fused-ring (bicyclic) bond motifs is 2. The van der Waals surface area contributed by atoms with E-state index in [9.17, 15) is 4.79 Å². The predicted molar refractivity (Wildman–Crippen MR) is 335 cm³/mol. The van der Waals surface area contributed by atoms with Crippen LogP contribution in [0.5, 0.6) is 51.7 Å². The number of carbonyl (C=O) groups is 1. The van der Waals surface area contributed by atoms with Gasteiger partial charge in [-0.15, -0.1) is 24.3 Å². The molecular formula is C68H53ClIrNO10P3+3. The molecule has 1 heterocycles. The zero-order valence-corrected chi connectivity index (χ0v) is 50.8. The summed E-state index contributed by atoms with van der Waals surface area (Å²) in [5, 5.41) is 1.95. The zero-order valence-electron chi connectivity index (χ0n) is 44.6. The van der Waals surface area contributed by atoms with Crippen LogP contribution >= 0.6 is 35.4 Å². The standard InChI is InChI=1S/C32H22NO4P.C18H16O3P.C18H15O3P.ClH.Ir/c34-32(25-17-20-31-26(22-25)21-24-9-7-8-14-30(24)33-31)23-15-18-29(19-16-23)37-38(35-27-10-3-1-4-11-27)36-28-12-5-2-6-13-28;2*1-4-10-16(11-5-1)19-22(20-17-12-6-2-7-13-17)21-18-14-8-3-9-15-18;;/h1-18,20-22,38H;1-15,22H;1-14,22H;1H;/q;+1;;;+3/p-1. The number of pyridine rings is 1. The third kappa shape index (κ3) is 19.1. The first-order valence-electron chi connectivity index (χ1n) is 26.0. The van der Waals surface area contributed by atoms with Crippen LogP contribution in [-0.4, -0.2) is 10.8 Å². The van der Waals surface area contributed by atoms with Crippen LogP contribution in [-0.2, 0) is 17.9 Å². The number of hydrogen-bond donors (Lipinski definition) is 0. The molecule has 0 spiro atoms. The number of hydrogen-bond acceptors (Lipinski definition) is 11. The van der Waals surface area contributed by atoms with Crippen molar-refractivity contribution in [1.82, 2.24) is 4.98 Å². The van der Waals surface area contributed by atoms with Gasteiger partial charge in [-0.05, 0) is 115 Å². The Balaban J connectivity index is 0.000000158. The molecule has 11 nitrogen and oxygen atoms in total. The summed E-state index contributed by atoms with van der Waals surface area (Å²) in [6, 6.07) is 100. The molecule has 0 aliphatic carbocycles. The molecule has 0 atom stereocenters. The van der Waals surface area contributed by atoms with Crippen molar-refractivity contribution in [1.29, 1.82) is 0 Å². The van der Waals surface area contributed by atoms with E-state index in [2.05, 4.69) is 27.8 Å². The van der Waals surface area contributed by atoms with Crippen molar-refractivity contribution in [2.24, 2.45) is 0 Å². The summed E-state index contributed by atoms with van der Waals surface area (Å²) in [6.45, 7) is 0. The van der Waals surface area contributed by atoms with E-state index in [0.29, 0.717) is 45.6 Å². The molecule has 0 saturated heterocycles. The second kappa shape index (κ2) is 32.7. The van der Waals surface area contributed by atoms with Gasteiger partial charge < -0.3 is 13.8 Å². The maximum Gasteiger partial charge on any atom is 0.528 e. The smallest absolute Gasteiger partial charge is 0.300 e. The van der Waals surface area contributed by atoms with Gasteiger partial charge in [0.15, 0.2) is 40.2 Å². The Hall–Kier alpha value is -8.81. The zero-order chi connectivity index (χ0) is 57.8. The average molecular weight is 1360 g/mol. The summed E-state index contributed by atoms with van der Waals surface area (Å²) < 4.78 is 53.2. The van der Waals surface area contributed by atoms with Crippen molar-refractivity contribution in [3.8, 4) is 51.7 Å². The Kier molecular flexibility index (Phi) is 23.3. The number of benzene rings is 11. The van der Waals surface area contributed by atoms with E-state index in [1.807, 2.05) is 267 Å². The normalized spacial score (nSPS) is 10.4. The van der Waals surface area contributed by atoms with Gasteiger partial charge >= 0.3 is 53.3 Å². The summed E-state index contributed by atoms with van der Waals surface area (Å²) >= 11 is 1.47. The minimum absolute atomic E-state index is 0.102. The minimum Gasteiger partial charge on any atom is -0.300 e. The molecule has 418 valence electrons. The van der Waals surface area contributed by atoms with E-state index in [0.717, 1.165) is 39.1 Å². The Labute approximate surface area is 506 Å². The molecule has 0 radical (unpaired) electrons. The Bertz CT molecular complexity index is 3470. The number of nitrogens with zero attached hydrogens (tertiary/aromatic N) is 1. The van der Waals surface area contributed by atoms with Crippen LogP contribution in [0.2, 0.25) is 0 Å². The fourth-order valence-corrected chi connectivity index (χ4v) is 10.9. The topological polar surface area (TPSA) is 113 Å². The number of aromatic nitrogens is 1. The van der Waals surface area contributed by atoms with Gasteiger partial charge in [0.25, 0.3) is 0 Å². The summed E-state index contributed by atoms with van der Waals surface area (Å²) in [6.07, 6.45) is 0. The summed E-state index contributed by atoms with van der Waals surface area (Å²) in [5.41, 5.74) is 2.87. The minimum atomic E-state index is -2.25. The molecule has 0 saturated carbocycles. The maximum absolute atomic E-state index is 13.2. The molecule has 0 aliphatic rings. The molecule has 0 bridgehead atoms. The first-order chi connectivity index (χ1) is 41.5. The Morgan fingerprint density at radius 3 is 1.02 bits per heavy atom. The van der Waals surface area contributed by atoms with Gasteiger partial charge in [0, 0.05) is 16.3 Å². The van der Waals surface area contributed by atoms with Crippen molar-refractivity contribution in [2.75, 3.05) is 0 Å². The van der Waals surface area contributed by atoms with Gasteiger partial charge in [-0.3, -0.25) is 31.7 Å². The first kappa shape index (κ1) is 59.8. The molecule has 16 heteroatoms. The third-order valence-electron chi connectivity index (χ3n) is 11.5. The summed E-state index contributed by atoms with van der Waals surface area (Å²) in [5.74, 6) is 5.81. The molecule has 0 fully saturated rings. The second-order valence-electron chi connectivity index (χ2n) is 17.4. The van der Waals surface area contributed by atoms with E-state index in [4.69, 9.17) is 45.7 Å². The molecule has 0 unspecified atom stereocenters. The van der Waals surface area contributed by atoms with Gasteiger partial charge in [0.1, 0.15) is 5.78 Å². The van der Waals surface area contributed by atoms with Gasteiger partial charge in [-0.25, -0.2) is 4.98 Å². The fourth-order valence-electron chi connectivity index (χ4n) is 7.60. The van der Waals surface area contributed by atoms with Crippen LogP contribution < -0.4 is 40.7 Å². The van der Waals surface area contributed by atoms with Crippen LogP contribution in [0.4, 0.5) is 0 Å². The molecule has 84 heavy (non-hydrogen) atoms. The number of carbonyl (C=O) groups excluding carboxylic acids is 1. The molecule has 0 aliphatic heterocycles. The van der Waals surface area contributed by atoms with E-state index in [1.165, 1.54) is 17.9 Å². The average Bonchev–Trinajstić information content (AvgIpc) is 3.74. The third-order valence-corrected chi connectivity index (χ3v) is 15.1. The maximum atomic E-state index is 13.2. The Morgan fingerprint density at radius 1 is 0.321 bits per heavy atom. The molecule has 12 aromatic rings. The number of halogens is 1. The molecular weight excluding hydrogens is 1310 g/mol. The van der Waals surface area contributed by atoms with Gasteiger partial charge in [-0.2, -0.15) is 30.3 Å². The predicted octanol–water partition coefficient (Wildman–Crippen LogP) is 18.8. The molecule has 0 amide bonds. The Morgan fingerprint density at radius 2 is 0.655 bits per heavy atom. The van der Waals surface area contributed by atoms with Crippen LogP contribution in [0.1, 0.15) is 15.9 Å². The summed E-state index contributed by atoms with van der Waals surface area (Å²) in [7, 11) is -1.65. The number of para-hydroxylation sites is 9. The van der Waals surface area contributed by atoms with Crippen molar-refractivity contribution in [2.45, 2.75) is 0 Å². The van der Waals surface area contributed by atoms with Crippen LogP contribution in [0.15, 0.2) is 303 Å². The van der Waals surface area contributed by atoms with Crippen LogP contribution in [0.3, 0.4) is 0 Å². The van der Waals surface area contributed by atoms with E-state index in [-0.39, 0.29) is 5.78 Å². The van der Waals surface area contributed by atoms with Crippen molar-refractivity contribution in [3.63, 3.8) is 0 Å². The van der Waals surface area contributed by atoms with Crippen molar-refractivity contribution >= 4 is 63.0 Å². The van der Waals surface area contributed by atoms with E-state index < -0.39 is 25.8 Å². The van der Waals surface area contributed by atoms with Gasteiger partial charge in [-0.1, -0.05) is 151 Å². The largest absolute Gasteiger partial charge is 0.528 e. The molecule has 1 aromatic heterocycles. The van der Waals surface area contributed by atoms with Gasteiger partial charge in [0.2, 0.25) is 0 Å². The SMILES string of the molecule is O=C(c1c[c-]c(O[PH+](Oc2ccccc2)Oc2ccccc2)cc1)c1ccc2nc3ccccc3cc2c1.[Cl][Ir+2].[c-]1ccccc1O[PH+](Oc1ccccc1)Oc1ccccc1.c1ccc(O[PH+](Oc2ccccc2)Oc2ccccc2)cc1. The molecule has 11 aromatic carbocycles. The monoisotopic (exact) mass is 1360 g/mol. The van der Waals surface area contributed by atoms with E-state index in [1.54, 1.807) is 30.3 Å². The van der Waals surface area contributed by atoms with Crippen LogP contribution in [0.25, 0.3) is 21.8 Å². The molecule has 12 rings (SSSR count). The second-order valence-corrected chi connectivity index (χ2v) is 20.8. The van der Waals surface area contributed by atoms with Crippen molar-refractivity contribution in [3.05, 3.63) is 327 Å². The quantitative estimate of drug-likeness (QED) is 0.0315. The van der Waals surface area contributed by atoms with Crippen molar-refractivity contribution < 1.29 is 63.4 Å². The first-order valence-corrected chi connectivity index (χ1v) is 32.7. The number of rotatable bonds is 20. The summed E-state index contributed by atoms with van der Waals surface area (Å²) in [4.78, 5) is 17.9. The number of ketones is 1. The van der Waals surface area contributed by atoms with Gasteiger partial charge in [0.05, 0.1) is 22.5 Å². The van der Waals surface area contributed by atoms with E-state index >= 15 is 0 Å². The molecule has 0 N–H and O–H groups in total.